The Morgan fingerprint density at radius 3 is 2.43 bits per heavy atom. The second-order valence-corrected chi connectivity index (χ2v) is 8.31. The first-order chi connectivity index (χ1) is 10.3. The Balaban J connectivity index is 2.16. The largest absolute Gasteiger partial charge is 0.309 e. The van der Waals surface area contributed by atoms with Gasteiger partial charge in [-0.1, -0.05) is 51.5 Å². The third-order valence-electron chi connectivity index (χ3n) is 4.12. The number of hydrogen-bond donors (Lipinski definition) is 1. The second kappa shape index (κ2) is 9.12. The lowest BCUT2D eigenvalue weighted by Crippen LogP contribution is -2.38. The van der Waals surface area contributed by atoms with E-state index in [0.717, 1.165) is 11.8 Å². The Labute approximate surface area is 139 Å². The van der Waals surface area contributed by atoms with E-state index < -0.39 is 0 Å². The van der Waals surface area contributed by atoms with Gasteiger partial charge >= 0.3 is 0 Å². The lowest BCUT2D eigenvalue weighted by Gasteiger charge is -2.36. The number of aryl methyl sites for hydroxylation is 1. The standard InChI is InChI=1S/C18H29NS2/c1-4-7-14-8-10-15(11-9-14)17(19-6-3)18-16(5-2)20-12-13-21-18/h8-11,16-19H,4-7,12-13H2,1-3H3. The molecule has 21 heavy (non-hydrogen) atoms. The van der Waals surface area contributed by atoms with Crippen LogP contribution in [0.25, 0.3) is 0 Å². The maximum atomic E-state index is 3.75. The van der Waals surface area contributed by atoms with Crippen LogP contribution in [0.3, 0.4) is 0 Å². The minimum absolute atomic E-state index is 0.494. The summed E-state index contributed by atoms with van der Waals surface area (Å²) in [6.07, 6.45) is 3.69. The Hall–Kier alpha value is -0.120. The fourth-order valence-corrected chi connectivity index (χ4v) is 6.32. The molecule has 3 heteroatoms. The Morgan fingerprint density at radius 2 is 1.81 bits per heavy atom. The molecule has 118 valence electrons. The van der Waals surface area contributed by atoms with Gasteiger partial charge in [0, 0.05) is 28.0 Å². The number of nitrogens with one attached hydrogen (secondary N) is 1. The molecule has 0 saturated carbocycles. The van der Waals surface area contributed by atoms with E-state index in [4.69, 9.17) is 0 Å². The van der Waals surface area contributed by atoms with Gasteiger partial charge in [-0.2, -0.15) is 23.5 Å². The average molecular weight is 324 g/mol. The van der Waals surface area contributed by atoms with Crippen molar-refractivity contribution in [3.63, 3.8) is 0 Å². The summed E-state index contributed by atoms with van der Waals surface area (Å²) in [7, 11) is 0. The molecule has 1 aliphatic rings. The molecule has 1 saturated heterocycles. The predicted octanol–water partition coefficient (Wildman–Crippen LogP) is 4.92. The number of rotatable bonds is 7. The number of thioether (sulfide) groups is 2. The van der Waals surface area contributed by atoms with Crippen molar-refractivity contribution in [2.24, 2.45) is 0 Å². The minimum atomic E-state index is 0.494. The van der Waals surface area contributed by atoms with Crippen LogP contribution in [0, 0.1) is 0 Å². The highest BCUT2D eigenvalue weighted by Gasteiger charge is 2.32. The smallest absolute Gasteiger partial charge is 0.0451 e. The summed E-state index contributed by atoms with van der Waals surface area (Å²) in [5.41, 5.74) is 2.93. The van der Waals surface area contributed by atoms with Crippen molar-refractivity contribution in [2.45, 2.75) is 56.6 Å². The van der Waals surface area contributed by atoms with Crippen molar-refractivity contribution in [1.82, 2.24) is 5.32 Å². The molecule has 3 unspecified atom stereocenters. The molecule has 3 atom stereocenters. The van der Waals surface area contributed by atoms with E-state index in [1.54, 1.807) is 0 Å². The van der Waals surface area contributed by atoms with Gasteiger partial charge in [-0.05, 0) is 30.5 Å². The van der Waals surface area contributed by atoms with Gasteiger partial charge in [-0.3, -0.25) is 0 Å². The van der Waals surface area contributed by atoms with Gasteiger partial charge in [0.05, 0.1) is 0 Å². The highest BCUT2D eigenvalue weighted by atomic mass is 32.2. The van der Waals surface area contributed by atoms with Gasteiger partial charge in [-0.25, -0.2) is 0 Å². The lowest BCUT2D eigenvalue weighted by molar-refractivity contribution is 0.513. The van der Waals surface area contributed by atoms with Crippen molar-refractivity contribution in [3.8, 4) is 0 Å². The van der Waals surface area contributed by atoms with Crippen LogP contribution in [0.15, 0.2) is 24.3 Å². The van der Waals surface area contributed by atoms with E-state index in [9.17, 15) is 0 Å². The molecule has 0 spiro atoms. The topological polar surface area (TPSA) is 12.0 Å². The Kier molecular flexibility index (Phi) is 7.48. The molecule has 0 amide bonds. The Bertz CT molecular complexity index is 404. The van der Waals surface area contributed by atoms with Crippen LogP contribution in [0.4, 0.5) is 0 Å². The molecular formula is C18H29NS2. The highest BCUT2D eigenvalue weighted by molar-refractivity contribution is 8.07. The van der Waals surface area contributed by atoms with Crippen molar-refractivity contribution in [1.29, 1.82) is 0 Å². The minimum Gasteiger partial charge on any atom is -0.309 e. The zero-order valence-corrected chi connectivity index (χ0v) is 15.2. The number of hydrogen-bond acceptors (Lipinski definition) is 3. The van der Waals surface area contributed by atoms with Crippen molar-refractivity contribution in [2.75, 3.05) is 18.1 Å². The first-order valence-corrected chi connectivity index (χ1v) is 10.4. The monoisotopic (exact) mass is 323 g/mol. The molecule has 1 heterocycles. The summed E-state index contributed by atoms with van der Waals surface area (Å²) < 4.78 is 0. The van der Waals surface area contributed by atoms with E-state index in [-0.39, 0.29) is 0 Å². The predicted molar refractivity (Wildman–Crippen MR) is 99.6 cm³/mol. The molecule has 1 aliphatic heterocycles. The van der Waals surface area contributed by atoms with Crippen LogP contribution in [-0.4, -0.2) is 28.6 Å². The fraction of sp³-hybridized carbons (Fsp3) is 0.667. The molecule has 1 aromatic carbocycles. The summed E-state index contributed by atoms with van der Waals surface area (Å²) in [6.45, 7) is 7.85. The summed E-state index contributed by atoms with van der Waals surface area (Å²) >= 11 is 4.34. The van der Waals surface area contributed by atoms with E-state index in [2.05, 4.69) is 73.9 Å². The molecule has 0 radical (unpaired) electrons. The van der Waals surface area contributed by atoms with E-state index in [0.29, 0.717) is 11.3 Å². The molecule has 0 aromatic heterocycles. The maximum Gasteiger partial charge on any atom is 0.0451 e. The molecule has 1 N–H and O–H groups in total. The Morgan fingerprint density at radius 1 is 1.10 bits per heavy atom. The summed E-state index contributed by atoms with van der Waals surface area (Å²) in [4.78, 5) is 0. The first kappa shape index (κ1) is 17.2. The van der Waals surface area contributed by atoms with E-state index in [1.165, 1.54) is 41.9 Å². The molecule has 0 aliphatic carbocycles. The quantitative estimate of drug-likeness (QED) is 0.765. The molecule has 0 bridgehead atoms. The zero-order chi connectivity index (χ0) is 15.1. The van der Waals surface area contributed by atoms with E-state index in [1.807, 2.05) is 0 Å². The second-order valence-electron chi connectivity index (χ2n) is 5.68. The average Bonchev–Trinajstić information content (AvgIpc) is 2.54. The van der Waals surface area contributed by atoms with Crippen molar-refractivity contribution in [3.05, 3.63) is 35.4 Å². The van der Waals surface area contributed by atoms with Gasteiger partial charge in [0.25, 0.3) is 0 Å². The summed E-state index contributed by atoms with van der Waals surface area (Å²) in [5, 5.41) is 5.23. The van der Waals surface area contributed by atoms with Crippen LogP contribution in [0.1, 0.15) is 50.8 Å². The normalized spacial score (nSPS) is 24.0. The van der Waals surface area contributed by atoms with Crippen LogP contribution < -0.4 is 5.32 Å². The van der Waals surface area contributed by atoms with E-state index >= 15 is 0 Å². The van der Waals surface area contributed by atoms with Gasteiger partial charge in [0.1, 0.15) is 0 Å². The van der Waals surface area contributed by atoms with Crippen LogP contribution >= 0.6 is 23.5 Å². The van der Waals surface area contributed by atoms with Gasteiger partial charge in [0.15, 0.2) is 0 Å². The van der Waals surface area contributed by atoms with Crippen molar-refractivity contribution >= 4 is 23.5 Å². The molecule has 1 nitrogen and oxygen atoms in total. The summed E-state index contributed by atoms with van der Waals surface area (Å²) in [6, 6.07) is 9.85. The zero-order valence-electron chi connectivity index (χ0n) is 13.6. The third kappa shape index (κ3) is 4.67. The maximum absolute atomic E-state index is 3.75. The van der Waals surface area contributed by atoms with Crippen LogP contribution in [0.2, 0.25) is 0 Å². The van der Waals surface area contributed by atoms with Crippen LogP contribution in [-0.2, 0) is 6.42 Å². The molecule has 1 fully saturated rings. The summed E-state index contributed by atoms with van der Waals surface area (Å²) in [5.74, 6) is 2.61. The van der Waals surface area contributed by atoms with Gasteiger partial charge < -0.3 is 5.32 Å². The van der Waals surface area contributed by atoms with Gasteiger partial charge in [-0.15, -0.1) is 0 Å². The lowest BCUT2D eigenvalue weighted by atomic mass is 9.98. The third-order valence-corrected chi connectivity index (χ3v) is 7.48. The number of benzene rings is 1. The fourth-order valence-electron chi connectivity index (χ4n) is 3.07. The first-order valence-electron chi connectivity index (χ1n) is 8.35. The molecule has 2 rings (SSSR count). The van der Waals surface area contributed by atoms with Crippen molar-refractivity contribution < 1.29 is 0 Å². The molecule has 1 aromatic rings. The van der Waals surface area contributed by atoms with Gasteiger partial charge in [0.2, 0.25) is 0 Å². The van der Waals surface area contributed by atoms with Crippen LogP contribution in [0.5, 0.6) is 0 Å². The SMILES string of the molecule is CCCc1ccc(C(NCC)C2SCCSC2CC)cc1. The highest BCUT2D eigenvalue weighted by Crippen LogP contribution is 2.40. The molecular weight excluding hydrogens is 294 g/mol.